The lowest BCUT2D eigenvalue weighted by Crippen LogP contribution is -2.31. The van der Waals surface area contributed by atoms with E-state index in [1.54, 1.807) is 24.0 Å². The maximum atomic E-state index is 14.2. The minimum absolute atomic E-state index is 0.0593. The Morgan fingerprint density at radius 1 is 1.16 bits per heavy atom. The molecule has 4 rings (SSSR count). The molecule has 0 unspecified atom stereocenters. The normalized spacial score (nSPS) is 13.4. The van der Waals surface area contributed by atoms with Gasteiger partial charge in [-0.25, -0.2) is 4.39 Å². The van der Waals surface area contributed by atoms with Gasteiger partial charge in [0, 0.05) is 46.7 Å². The molecule has 5 nitrogen and oxygen atoms in total. The minimum atomic E-state index is -0.355. The highest BCUT2D eigenvalue weighted by molar-refractivity contribution is 6.31. The molecule has 0 N–H and O–H groups in total. The van der Waals surface area contributed by atoms with Crippen molar-refractivity contribution in [3.05, 3.63) is 59.0 Å². The number of nitrogens with zero attached hydrogens (tertiary/aromatic N) is 2. The highest BCUT2D eigenvalue weighted by atomic mass is 35.5. The zero-order chi connectivity index (χ0) is 22.8. The molecule has 0 bridgehead atoms. The first-order valence-corrected chi connectivity index (χ1v) is 11.3. The second-order valence-electron chi connectivity index (χ2n) is 8.07. The number of fused-ring (bicyclic) bond motifs is 1. The van der Waals surface area contributed by atoms with Gasteiger partial charge in [-0.05, 0) is 68.1 Å². The molecule has 1 aromatic heterocycles. The van der Waals surface area contributed by atoms with Crippen LogP contribution in [0.4, 0.5) is 4.39 Å². The lowest BCUT2D eigenvalue weighted by molar-refractivity contribution is -0.143. The van der Waals surface area contributed by atoms with E-state index in [-0.39, 0.29) is 30.2 Å². The summed E-state index contributed by atoms with van der Waals surface area (Å²) >= 11 is 6.28. The van der Waals surface area contributed by atoms with Crippen molar-refractivity contribution in [2.75, 3.05) is 13.2 Å². The largest absolute Gasteiger partial charge is 0.465 e. The van der Waals surface area contributed by atoms with Crippen LogP contribution >= 0.6 is 11.6 Å². The number of hydrogen-bond donors (Lipinski definition) is 0. The Balaban J connectivity index is 1.79. The Hall–Kier alpha value is -2.86. The van der Waals surface area contributed by atoms with Crippen molar-refractivity contribution in [1.29, 1.82) is 0 Å². The lowest BCUT2D eigenvalue weighted by atomic mass is 9.98. The van der Waals surface area contributed by atoms with Crippen molar-refractivity contribution in [2.24, 2.45) is 5.92 Å². The molecule has 0 atom stereocenters. The third kappa shape index (κ3) is 4.65. The van der Waals surface area contributed by atoms with E-state index in [9.17, 15) is 14.0 Å². The molecular weight excluding hydrogens is 431 g/mol. The van der Waals surface area contributed by atoms with E-state index in [1.807, 2.05) is 29.8 Å². The van der Waals surface area contributed by atoms with Gasteiger partial charge in [0.1, 0.15) is 12.4 Å². The number of amides is 1. The summed E-state index contributed by atoms with van der Waals surface area (Å²) in [6.07, 6.45) is 3.71. The third-order valence-electron chi connectivity index (χ3n) is 5.79. The van der Waals surface area contributed by atoms with Gasteiger partial charge in [-0.15, -0.1) is 0 Å². The average Bonchev–Trinajstić information content (AvgIpc) is 3.55. The number of carbonyl (C=O) groups excluding carboxylic acids is 2. The van der Waals surface area contributed by atoms with Crippen LogP contribution in [-0.4, -0.2) is 34.5 Å². The van der Waals surface area contributed by atoms with Crippen molar-refractivity contribution >= 4 is 34.4 Å². The van der Waals surface area contributed by atoms with E-state index in [0.717, 1.165) is 40.4 Å². The molecule has 1 aliphatic carbocycles. The summed E-state index contributed by atoms with van der Waals surface area (Å²) in [6, 6.07) is 10.1. The molecule has 1 heterocycles. The number of rotatable bonds is 8. The van der Waals surface area contributed by atoms with Gasteiger partial charge in [0.25, 0.3) is 0 Å². The number of halogens is 2. The van der Waals surface area contributed by atoms with Crippen LogP contribution in [-0.2, 0) is 27.4 Å². The van der Waals surface area contributed by atoms with Gasteiger partial charge in [0.05, 0.1) is 6.61 Å². The van der Waals surface area contributed by atoms with E-state index < -0.39 is 0 Å². The summed E-state index contributed by atoms with van der Waals surface area (Å²) in [7, 11) is 0. The van der Waals surface area contributed by atoms with Crippen LogP contribution in [0.5, 0.6) is 0 Å². The number of hydrogen-bond acceptors (Lipinski definition) is 3. The van der Waals surface area contributed by atoms with Gasteiger partial charge in [0.2, 0.25) is 5.91 Å². The van der Waals surface area contributed by atoms with Gasteiger partial charge in [0.15, 0.2) is 0 Å². The van der Waals surface area contributed by atoms with Gasteiger partial charge in [-0.1, -0.05) is 17.7 Å². The number of benzene rings is 2. The summed E-state index contributed by atoms with van der Waals surface area (Å²) in [6.45, 7) is 4.95. The van der Waals surface area contributed by atoms with E-state index >= 15 is 0 Å². The summed E-state index contributed by atoms with van der Waals surface area (Å²) in [5.74, 6) is -0.475. The van der Waals surface area contributed by atoms with Crippen LogP contribution < -0.4 is 0 Å². The van der Waals surface area contributed by atoms with Crippen LogP contribution in [0.1, 0.15) is 32.3 Å². The maximum Gasteiger partial charge on any atom is 0.325 e. The van der Waals surface area contributed by atoms with Crippen molar-refractivity contribution in [3.8, 4) is 11.1 Å². The predicted octanol–water partition coefficient (Wildman–Crippen LogP) is 5.42. The second kappa shape index (κ2) is 9.33. The molecule has 32 heavy (non-hydrogen) atoms. The average molecular weight is 457 g/mol. The van der Waals surface area contributed by atoms with E-state index in [4.69, 9.17) is 16.3 Å². The molecule has 0 aliphatic heterocycles. The predicted molar refractivity (Wildman–Crippen MR) is 123 cm³/mol. The number of carbonyl (C=O) groups is 2. The third-order valence-corrected chi connectivity index (χ3v) is 6.02. The van der Waals surface area contributed by atoms with E-state index in [2.05, 4.69) is 0 Å². The molecule has 0 saturated heterocycles. The molecule has 3 aromatic rings. The van der Waals surface area contributed by atoms with Crippen LogP contribution in [0.25, 0.3) is 22.0 Å². The monoisotopic (exact) mass is 456 g/mol. The molecule has 7 heteroatoms. The van der Waals surface area contributed by atoms with Gasteiger partial charge < -0.3 is 14.2 Å². The van der Waals surface area contributed by atoms with Crippen molar-refractivity contribution in [1.82, 2.24) is 9.47 Å². The Kier molecular flexibility index (Phi) is 6.51. The molecule has 1 fully saturated rings. The molecule has 0 spiro atoms. The molecule has 1 amide bonds. The fraction of sp³-hybridized carbons (Fsp3) is 0.360. The zero-order valence-corrected chi connectivity index (χ0v) is 19.0. The van der Waals surface area contributed by atoms with Crippen molar-refractivity contribution < 1.29 is 18.7 Å². The molecule has 2 aromatic carbocycles. The summed E-state index contributed by atoms with van der Waals surface area (Å²) in [5, 5.41) is 1.42. The van der Waals surface area contributed by atoms with Gasteiger partial charge in [-0.3, -0.25) is 9.59 Å². The van der Waals surface area contributed by atoms with Crippen molar-refractivity contribution in [3.63, 3.8) is 0 Å². The Morgan fingerprint density at radius 3 is 2.62 bits per heavy atom. The zero-order valence-electron chi connectivity index (χ0n) is 18.2. The standard InChI is InChI=1S/C25H26ClFN2O3/c1-3-28(25(31)16-5-6-16)13-17-11-19(27)8-9-20(17)22-14-29(15-24(30)32-4-2)23-10-7-18(26)12-21(22)23/h7-12,14,16H,3-6,13,15H2,1-2H3. The number of ether oxygens (including phenoxy) is 1. The number of esters is 1. The maximum absolute atomic E-state index is 14.2. The molecule has 1 aliphatic rings. The Morgan fingerprint density at radius 2 is 1.94 bits per heavy atom. The SMILES string of the molecule is CCOC(=O)Cn1cc(-c2ccc(F)cc2CN(CC)C(=O)C2CC2)c2cc(Cl)ccc21. The van der Waals surface area contributed by atoms with E-state index in [1.165, 1.54) is 12.1 Å². The molecule has 168 valence electrons. The first-order chi connectivity index (χ1) is 15.4. The summed E-state index contributed by atoms with van der Waals surface area (Å²) in [4.78, 5) is 26.6. The molecular formula is C25H26ClFN2O3. The van der Waals surface area contributed by atoms with Gasteiger partial charge in [-0.2, -0.15) is 0 Å². The van der Waals surface area contributed by atoms with Crippen LogP contribution in [0.3, 0.4) is 0 Å². The quantitative estimate of drug-likeness (QED) is 0.425. The summed E-state index contributed by atoms with van der Waals surface area (Å²) in [5.41, 5.74) is 3.19. The van der Waals surface area contributed by atoms with Crippen LogP contribution in [0.2, 0.25) is 5.02 Å². The fourth-order valence-electron chi connectivity index (χ4n) is 4.06. The summed E-state index contributed by atoms with van der Waals surface area (Å²) < 4.78 is 21.2. The Labute approximate surface area is 191 Å². The Bertz CT molecular complexity index is 1170. The van der Waals surface area contributed by atoms with Crippen molar-refractivity contribution in [2.45, 2.75) is 39.8 Å². The second-order valence-corrected chi connectivity index (χ2v) is 8.50. The van der Waals surface area contributed by atoms with E-state index in [0.29, 0.717) is 24.7 Å². The van der Waals surface area contributed by atoms with Crippen LogP contribution in [0, 0.1) is 11.7 Å². The smallest absolute Gasteiger partial charge is 0.325 e. The first-order valence-electron chi connectivity index (χ1n) is 10.9. The number of aromatic nitrogens is 1. The van der Waals surface area contributed by atoms with Crippen LogP contribution in [0.15, 0.2) is 42.6 Å². The topological polar surface area (TPSA) is 51.5 Å². The van der Waals surface area contributed by atoms with Gasteiger partial charge >= 0.3 is 5.97 Å². The fourth-order valence-corrected chi connectivity index (χ4v) is 4.23. The lowest BCUT2D eigenvalue weighted by Gasteiger charge is -2.22. The highest BCUT2D eigenvalue weighted by Gasteiger charge is 2.33. The minimum Gasteiger partial charge on any atom is -0.465 e. The highest BCUT2D eigenvalue weighted by Crippen LogP contribution is 2.36. The molecule has 0 radical (unpaired) electrons. The molecule has 1 saturated carbocycles. The first kappa shape index (κ1) is 22.3.